The zero-order valence-corrected chi connectivity index (χ0v) is 9.28. The first-order valence-corrected chi connectivity index (χ1v) is 4.94. The van der Waals surface area contributed by atoms with Gasteiger partial charge in [0, 0.05) is 20.0 Å². The molecule has 15 heavy (non-hydrogen) atoms. The number of carbonyl (C=O) groups is 1. The summed E-state index contributed by atoms with van der Waals surface area (Å²) in [5.41, 5.74) is 0.592. The van der Waals surface area contributed by atoms with Gasteiger partial charge in [0.25, 0.3) is 5.91 Å². The van der Waals surface area contributed by atoms with E-state index in [-0.39, 0.29) is 18.3 Å². The maximum absolute atomic E-state index is 11.9. The van der Waals surface area contributed by atoms with Crippen LogP contribution >= 0.6 is 0 Å². The van der Waals surface area contributed by atoms with E-state index >= 15 is 0 Å². The molecule has 84 valence electrons. The van der Waals surface area contributed by atoms with E-state index in [4.69, 9.17) is 9.52 Å². The van der Waals surface area contributed by atoms with Crippen LogP contribution in [0.5, 0.6) is 0 Å². The largest absolute Gasteiger partial charge is 0.436 e. The van der Waals surface area contributed by atoms with E-state index in [0.29, 0.717) is 24.7 Å². The van der Waals surface area contributed by atoms with Crippen molar-refractivity contribution < 1.29 is 14.3 Å². The maximum atomic E-state index is 11.9. The molecule has 0 bridgehead atoms. The highest BCUT2D eigenvalue weighted by Gasteiger charge is 2.20. The van der Waals surface area contributed by atoms with Gasteiger partial charge < -0.3 is 14.4 Å². The normalized spacial score (nSPS) is 10.4. The minimum atomic E-state index is -0.218. The van der Waals surface area contributed by atoms with Crippen molar-refractivity contribution in [2.24, 2.45) is 0 Å². The second kappa shape index (κ2) is 4.93. The van der Waals surface area contributed by atoms with E-state index < -0.39 is 0 Å². The van der Waals surface area contributed by atoms with Crippen molar-refractivity contribution in [2.45, 2.75) is 20.8 Å². The maximum Gasteiger partial charge on any atom is 0.291 e. The molecule has 1 heterocycles. The summed E-state index contributed by atoms with van der Waals surface area (Å²) < 4.78 is 5.22. The fraction of sp³-hybridized carbons (Fsp3) is 0.600. The number of oxazole rings is 1. The summed E-state index contributed by atoms with van der Waals surface area (Å²) >= 11 is 0. The Morgan fingerprint density at radius 1 is 1.53 bits per heavy atom. The van der Waals surface area contributed by atoms with Crippen LogP contribution in [0.15, 0.2) is 4.42 Å². The number of nitrogens with zero attached hydrogens (tertiary/aromatic N) is 2. The lowest BCUT2D eigenvalue weighted by molar-refractivity contribution is 0.0698. The van der Waals surface area contributed by atoms with Crippen LogP contribution in [0.1, 0.15) is 29.1 Å². The number of hydrogen-bond acceptors (Lipinski definition) is 4. The molecule has 1 amide bonds. The fourth-order valence-electron chi connectivity index (χ4n) is 1.40. The van der Waals surface area contributed by atoms with Gasteiger partial charge in [0.1, 0.15) is 0 Å². The van der Waals surface area contributed by atoms with Gasteiger partial charge in [0.05, 0.1) is 12.3 Å². The zero-order chi connectivity index (χ0) is 11.4. The molecule has 1 aromatic rings. The second-order valence-corrected chi connectivity index (χ2v) is 3.26. The summed E-state index contributed by atoms with van der Waals surface area (Å²) in [5.74, 6) is 0.531. The van der Waals surface area contributed by atoms with E-state index in [1.54, 1.807) is 13.8 Å². The van der Waals surface area contributed by atoms with Crippen molar-refractivity contribution >= 4 is 5.91 Å². The van der Waals surface area contributed by atoms with Gasteiger partial charge in [-0.3, -0.25) is 4.79 Å². The molecule has 0 spiro atoms. The smallest absolute Gasteiger partial charge is 0.291 e. The number of carbonyl (C=O) groups excluding carboxylic acids is 1. The zero-order valence-electron chi connectivity index (χ0n) is 9.28. The van der Waals surface area contributed by atoms with E-state index in [9.17, 15) is 4.79 Å². The molecule has 1 rings (SSSR count). The lowest BCUT2D eigenvalue weighted by Crippen LogP contribution is -2.33. The van der Waals surface area contributed by atoms with E-state index in [1.807, 2.05) is 6.92 Å². The summed E-state index contributed by atoms with van der Waals surface area (Å²) in [7, 11) is 0. The van der Waals surface area contributed by atoms with Crippen molar-refractivity contribution in [1.82, 2.24) is 9.88 Å². The molecule has 5 heteroatoms. The first-order valence-electron chi connectivity index (χ1n) is 4.94. The molecule has 0 atom stereocenters. The number of aliphatic hydroxyl groups is 1. The number of hydrogen-bond donors (Lipinski definition) is 1. The summed E-state index contributed by atoms with van der Waals surface area (Å²) in [6, 6.07) is 0. The van der Waals surface area contributed by atoms with Crippen molar-refractivity contribution in [3.8, 4) is 0 Å². The highest BCUT2D eigenvalue weighted by Crippen LogP contribution is 2.12. The van der Waals surface area contributed by atoms with E-state index in [1.165, 1.54) is 4.90 Å². The van der Waals surface area contributed by atoms with Crippen LogP contribution in [-0.2, 0) is 0 Å². The van der Waals surface area contributed by atoms with Gasteiger partial charge in [-0.25, -0.2) is 4.98 Å². The molecular weight excluding hydrogens is 196 g/mol. The van der Waals surface area contributed by atoms with Gasteiger partial charge >= 0.3 is 0 Å². The Kier molecular flexibility index (Phi) is 3.85. The second-order valence-electron chi connectivity index (χ2n) is 3.26. The van der Waals surface area contributed by atoms with Crippen molar-refractivity contribution in [3.63, 3.8) is 0 Å². The predicted molar refractivity (Wildman–Crippen MR) is 54.6 cm³/mol. The number of aromatic nitrogens is 1. The molecule has 0 unspecified atom stereocenters. The van der Waals surface area contributed by atoms with Gasteiger partial charge in [0.2, 0.25) is 5.76 Å². The van der Waals surface area contributed by atoms with E-state index in [2.05, 4.69) is 4.98 Å². The molecule has 5 nitrogen and oxygen atoms in total. The van der Waals surface area contributed by atoms with Crippen molar-refractivity contribution in [1.29, 1.82) is 0 Å². The SMILES string of the molecule is CCN(CCO)C(=O)c1oc(C)nc1C. The van der Waals surface area contributed by atoms with Gasteiger partial charge in [-0.1, -0.05) is 0 Å². The van der Waals surface area contributed by atoms with Crippen LogP contribution in [0.25, 0.3) is 0 Å². The summed E-state index contributed by atoms with van der Waals surface area (Å²) in [4.78, 5) is 17.4. The molecule has 0 aliphatic carbocycles. The van der Waals surface area contributed by atoms with Crippen molar-refractivity contribution in [3.05, 3.63) is 17.3 Å². The topological polar surface area (TPSA) is 66.6 Å². The molecular formula is C10H16N2O3. The predicted octanol–water partition coefficient (Wildman–Crippen LogP) is 0.746. The Labute approximate surface area is 88.7 Å². The number of aliphatic hydroxyl groups excluding tert-OH is 1. The third-order valence-electron chi connectivity index (χ3n) is 2.14. The number of aryl methyl sites for hydroxylation is 2. The monoisotopic (exact) mass is 212 g/mol. The molecule has 0 radical (unpaired) electrons. The Morgan fingerprint density at radius 2 is 2.20 bits per heavy atom. The Bertz CT molecular complexity index is 346. The average Bonchev–Trinajstić information content (AvgIpc) is 2.53. The number of amides is 1. The number of likely N-dealkylation sites (N-methyl/N-ethyl adjacent to an activating group) is 1. The van der Waals surface area contributed by atoms with Crippen LogP contribution in [0, 0.1) is 13.8 Å². The van der Waals surface area contributed by atoms with Gasteiger partial charge in [-0.15, -0.1) is 0 Å². The molecule has 0 aromatic carbocycles. The lowest BCUT2D eigenvalue weighted by atomic mass is 10.3. The highest BCUT2D eigenvalue weighted by molar-refractivity contribution is 5.92. The van der Waals surface area contributed by atoms with Crippen LogP contribution in [0.3, 0.4) is 0 Å². The number of rotatable bonds is 4. The lowest BCUT2D eigenvalue weighted by Gasteiger charge is -2.17. The summed E-state index contributed by atoms with van der Waals surface area (Å²) in [5, 5.41) is 8.80. The third kappa shape index (κ3) is 2.56. The molecule has 1 N–H and O–H groups in total. The standard InChI is InChI=1S/C10H16N2O3/c1-4-12(5-6-13)10(14)9-7(2)11-8(3)15-9/h13H,4-6H2,1-3H3. The van der Waals surface area contributed by atoms with Crippen LogP contribution in [0.2, 0.25) is 0 Å². The third-order valence-corrected chi connectivity index (χ3v) is 2.14. The Balaban J connectivity index is 2.87. The van der Waals surface area contributed by atoms with Gasteiger partial charge in [-0.2, -0.15) is 0 Å². The Hall–Kier alpha value is -1.36. The van der Waals surface area contributed by atoms with Gasteiger partial charge in [-0.05, 0) is 13.8 Å². The minimum Gasteiger partial charge on any atom is -0.436 e. The summed E-state index contributed by atoms with van der Waals surface area (Å²) in [6.45, 7) is 6.09. The molecule has 0 aliphatic heterocycles. The highest BCUT2D eigenvalue weighted by atomic mass is 16.4. The van der Waals surface area contributed by atoms with Crippen LogP contribution in [-0.4, -0.2) is 40.6 Å². The van der Waals surface area contributed by atoms with Crippen molar-refractivity contribution in [2.75, 3.05) is 19.7 Å². The molecule has 0 fully saturated rings. The molecule has 1 aromatic heterocycles. The summed E-state index contributed by atoms with van der Waals surface area (Å²) in [6.07, 6.45) is 0. The van der Waals surface area contributed by atoms with Crippen LogP contribution < -0.4 is 0 Å². The first-order chi connectivity index (χ1) is 7.10. The molecule has 0 saturated carbocycles. The molecule has 0 aliphatic rings. The first kappa shape index (κ1) is 11.7. The van der Waals surface area contributed by atoms with Gasteiger partial charge in [0.15, 0.2) is 5.89 Å². The fourth-order valence-corrected chi connectivity index (χ4v) is 1.40. The van der Waals surface area contributed by atoms with Crippen LogP contribution in [0.4, 0.5) is 0 Å². The Morgan fingerprint density at radius 3 is 2.60 bits per heavy atom. The average molecular weight is 212 g/mol. The van der Waals surface area contributed by atoms with E-state index in [0.717, 1.165) is 0 Å². The minimum absolute atomic E-state index is 0.0499. The quantitative estimate of drug-likeness (QED) is 0.799. The molecule has 0 saturated heterocycles.